The quantitative estimate of drug-likeness (QED) is 0.604. The molecule has 58 valence electrons. The van der Waals surface area contributed by atoms with E-state index in [-0.39, 0.29) is 5.41 Å². The minimum Gasteiger partial charge on any atom is -0.330 e. The fourth-order valence-electron chi connectivity index (χ4n) is 0.767. The van der Waals surface area contributed by atoms with Crippen LogP contribution in [0.5, 0.6) is 0 Å². The Bertz CT molecular complexity index is 122. The summed E-state index contributed by atoms with van der Waals surface area (Å²) in [5, 5.41) is 8.61. The molecule has 0 amide bonds. The van der Waals surface area contributed by atoms with Crippen molar-refractivity contribution in [2.45, 2.75) is 33.1 Å². The van der Waals surface area contributed by atoms with Gasteiger partial charge in [0.1, 0.15) is 0 Å². The second-order valence-electron chi connectivity index (χ2n) is 3.24. The summed E-state index contributed by atoms with van der Waals surface area (Å²) in [5.74, 6) is 0. The van der Waals surface area contributed by atoms with Gasteiger partial charge in [0.05, 0.1) is 11.5 Å². The van der Waals surface area contributed by atoms with Crippen LogP contribution in [0.4, 0.5) is 0 Å². The number of nitriles is 1. The number of unbranched alkanes of at least 4 members (excludes halogenated alkanes) is 1. The van der Waals surface area contributed by atoms with Gasteiger partial charge in [-0.3, -0.25) is 0 Å². The molecule has 2 heteroatoms. The highest BCUT2D eigenvalue weighted by Gasteiger charge is 2.14. The van der Waals surface area contributed by atoms with Gasteiger partial charge in [0.25, 0.3) is 0 Å². The Morgan fingerprint density at radius 1 is 1.40 bits per heavy atom. The van der Waals surface area contributed by atoms with Crippen molar-refractivity contribution >= 4 is 0 Å². The van der Waals surface area contributed by atoms with Crippen LogP contribution in [-0.4, -0.2) is 6.54 Å². The third-order valence-corrected chi connectivity index (χ3v) is 1.56. The Balaban J connectivity index is 3.40. The summed E-state index contributed by atoms with van der Waals surface area (Å²) >= 11 is 0. The molecule has 0 aromatic carbocycles. The van der Waals surface area contributed by atoms with E-state index in [1.54, 1.807) is 0 Å². The summed E-state index contributed by atoms with van der Waals surface area (Å²) in [6, 6.07) is 2.26. The van der Waals surface area contributed by atoms with Crippen LogP contribution in [0.3, 0.4) is 0 Å². The Morgan fingerprint density at radius 3 is 2.40 bits per heavy atom. The zero-order chi connectivity index (χ0) is 8.04. The van der Waals surface area contributed by atoms with E-state index >= 15 is 0 Å². The lowest BCUT2D eigenvalue weighted by Gasteiger charge is -2.13. The van der Waals surface area contributed by atoms with E-state index < -0.39 is 0 Å². The summed E-state index contributed by atoms with van der Waals surface area (Å²) in [5.41, 5.74) is 5.16. The molecule has 2 nitrogen and oxygen atoms in total. The van der Waals surface area contributed by atoms with Gasteiger partial charge in [-0.25, -0.2) is 0 Å². The van der Waals surface area contributed by atoms with Crippen molar-refractivity contribution in [1.82, 2.24) is 0 Å². The molecular formula is C8H16N2. The van der Waals surface area contributed by atoms with Gasteiger partial charge >= 0.3 is 0 Å². The van der Waals surface area contributed by atoms with Crippen molar-refractivity contribution in [2.24, 2.45) is 11.1 Å². The van der Waals surface area contributed by atoms with Crippen LogP contribution < -0.4 is 5.73 Å². The van der Waals surface area contributed by atoms with Crippen molar-refractivity contribution in [2.75, 3.05) is 6.54 Å². The maximum atomic E-state index is 8.61. The maximum absolute atomic E-state index is 8.61. The normalized spacial score (nSPS) is 11.0. The van der Waals surface area contributed by atoms with Crippen LogP contribution >= 0.6 is 0 Å². The third-order valence-electron chi connectivity index (χ3n) is 1.56. The average Bonchev–Trinajstić information content (AvgIpc) is 1.89. The molecule has 0 aromatic rings. The van der Waals surface area contributed by atoms with E-state index in [9.17, 15) is 0 Å². The Morgan fingerprint density at radius 2 is 2.00 bits per heavy atom. The monoisotopic (exact) mass is 140 g/mol. The molecule has 0 spiro atoms. The van der Waals surface area contributed by atoms with Gasteiger partial charge in [0.15, 0.2) is 0 Å². The van der Waals surface area contributed by atoms with Crippen LogP contribution in [0, 0.1) is 16.7 Å². The van der Waals surface area contributed by atoms with E-state index in [0.717, 1.165) is 25.8 Å². The van der Waals surface area contributed by atoms with Crippen molar-refractivity contribution in [3.8, 4) is 6.07 Å². The highest BCUT2D eigenvalue weighted by atomic mass is 14.5. The standard InChI is InChI=1S/C8H16N2/c1-8(2,7-10)5-3-4-6-9/h3-6,9H2,1-2H3. The first-order valence-electron chi connectivity index (χ1n) is 3.74. The van der Waals surface area contributed by atoms with Gasteiger partial charge < -0.3 is 5.73 Å². The second kappa shape index (κ2) is 4.29. The second-order valence-corrected chi connectivity index (χ2v) is 3.24. The van der Waals surface area contributed by atoms with Gasteiger partial charge in [-0.1, -0.05) is 6.42 Å². The van der Waals surface area contributed by atoms with Gasteiger partial charge in [-0.15, -0.1) is 0 Å². The van der Waals surface area contributed by atoms with Crippen molar-refractivity contribution < 1.29 is 0 Å². The molecule has 0 heterocycles. The van der Waals surface area contributed by atoms with E-state index in [1.807, 2.05) is 13.8 Å². The molecule has 0 atom stereocenters. The predicted molar refractivity (Wildman–Crippen MR) is 42.3 cm³/mol. The third kappa shape index (κ3) is 4.34. The molecule has 0 aliphatic heterocycles. The smallest absolute Gasteiger partial charge is 0.0683 e. The number of nitrogens with zero attached hydrogens (tertiary/aromatic N) is 1. The average molecular weight is 140 g/mol. The highest BCUT2D eigenvalue weighted by molar-refractivity contribution is 4.91. The molecule has 2 N–H and O–H groups in total. The van der Waals surface area contributed by atoms with Crippen LogP contribution in [0.15, 0.2) is 0 Å². The molecule has 0 fully saturated rings. The predicted octanol–water partition coefficient (Wildman–Crippen LogP) is 1.67. The number of rotatable bonds is 4. The molecule has 0 saturated heterocycles. The molecule has 0 aliphatic rings. The Hall–Kier alpha value is -0.550. The van der Waals surface area contributed by atoms with Crippen LogP contribution in [-0.2, 0) is 0 Å². The van der Waals surface area contributed by atoms with E-state index in [2.05, 4.69) is 6.07 Å². The van der Waals surface area contributed by atoms with Crippen molar-refractivity contribution in [1.29, 1.82) is 5.26 Å². The largest absolute Gasteiger partial charge is 0.330 e. The van der Waals surface area contributed by atoms with Gasteiger partial charge in [-0.05, 0) is 33.2 Å². The molecule has 0 unspecified atom stereocenters. The number of hydrogen-bond acceptors (Lipinski definition) is 2. The summed E-state index contributed by atoms with van der Waals surface area (Å²) in [7, 11) is 0. The van der Waals surface area contributed by atoms with E-state index in [4.69, 9.17) is 11.0 Å². The molecule has 0 rings (SSSR count). The minimum atomic E-state index is -0.158. The van der Waals surface area contributed by atoms with Crippen LogP contribution in [0.2, 0.25) is 0 Å². The number of hydrogen-bond donors (Lipinski definition) is 1. The van der Waals surface area contributed by atoms with Gasteiger partial charge in [0.2, 0.25) is 0 Å². The lowest BCUT2D eigenvalue weighted by Crippen LogP contribution is -2.08. The van der Waals surface area contributed by atoms with Crippen molar-refractivity contribution in [3.05, 3.63) is 0 Å². The molecule has 0 saturated carbocycles. The van der Waals surface area contributed by atoms with Gasteiger partial charge in [0, 0.05) is 0 Å². The first-order valence-corrected chi connectivity index (χ1v) is 3.74. The van der Waals surface area contributed by atoms with Crippen LogP contribution in [0.25, 0.3) is 0 Å². The maximum Gasteiger partial charge on any atom is 0.0683 e. The molecule has 10 heavy (non-hydrogen) atoms. The Labute approximate surface area is 63.0 Å². The fourth-order valence-corrected chi connectivity index (χ4v) is 0.767. The molecular weight excluding hydrogens is 124 g/mol. The summed E-state index contributed by atoms with van der Waals surface area (Å²) in [4.78, 5) is 0. The molecule has 0 aliphatic carbocycles. The highest BCUT2D eigenvalue weighted by Crippen LogP contribution is 2.20. The van der Waals surface area contributed by atoms with Gasteiger partial charge in [-0.2, -0.15) is 5.26 Å². The van der Waals surface area contributed by atoms with Crippen molar-refractivity contribution in [3.63, 3.8) is 0 Å². The van der Waals surface area contributed by atoms with E-state index in [0.29, 0.717) is 0 Å². The zero-order valence-electron chi connectivity index (χ0n) is 6.85. The summed E-state index contributed by atoms with van der Waals surface area (Å²) in [6.45, 7) is 4.66. The molecule has 0 aromatic heterocycles. The van der Waals surface area contributed by atoms with E-state index in [1.165, 1.54) is 0 Å². The summed E-state index contributed by atoms with van der Waals surface area (Å²) < 4.78 is 0. The molecule has 0 radical (unpaired) electrons. The summed E-state index contributed by atoms with van der Waals surface area (Å²) in [6.07, 6.45) is 3.06. The lowest BCUT2D eigenvalue weighted by molar-refractivity contribution is 0.428. The zero-order valence-corrected chi connectivity index (χ0v) is 6.85. The Kier molecular flexibility index (Phi) is 4.06. The lowest BCUT2D eigenvalue weighted by atomic mass is 9.89. The first kappa shape index (κ1) is 9.45. The fraction of sp³-hybridized carbons (Fsp3) is 0.875. The molecule has 0 bridgehead atoms. The topological polar surface area (TPSA) is 49.8 Å². The SMILES string of the molecule is CC(C)(C#N)CCCCN. The van der Waals surface area contributed by atoms with Crippen LogP contribution in [0.1, 0.15) is 33.1 Å². The first-order chi connectivity index (χ1) is 4.62. The minimum absolute atomic E-state index is 0.158. The number of nitrogens with two attached hydrogens (primary N) is 1.